The zero-order chi connectivity index (χ0) is 17.0. The van der Waals surface area contributed by atoms with E-state index in [9.17, 15) is 0 Å². The first-order chi connectivity index (χ1) is 12.2. The minimum atomic E-state index is 0.473. The summed E-state index contributed by atoms with van der Waals surface area (Å²) in [5.74, 6) is 0.951. The van der Waals surface area contributed by atoms with Crippen LogP contribution >= 0.6 is 0 Å². The SMILES string of the molecule is Cc1nn(C)cc1CN1C2CCC1c1cnc(N3CCCC3)nc1C2. The largest absolute Gasteiger partial charge is 0.341 e. The zero-order valence-electron chi connectivity index (χ0n) is 15.1. The number of nitrogens with zero attached hydrogens (tertiary/aromatic N) is 6. The topological polar surface area (TPSA) is 50.1 Å². The van der Waals surface area contributed by atoms with Gasteiger partial charge in [0.15, 0.2) is 0 Å². The van der Waals surface area contributed by atoms with Crippen LogP contribution in [0.4, 0.5) is 5.95 Å². The first-order valence-electron chi connectivity index (χ1n) is 9.54. The van der Waals surface area contributed by atoms with E-state index in [0.717, 1.165) is 37.7 Å². The fourth-order valence-electron chi connectivity index (χ4n) is 4.88. The quantitative estimate of drug-likeness (QED) is 0.860. The Morgan fingerprint density at radius 2 is 2.04 bits per heavy atom. The summed E-state index contributed by atoms with van der Waals surface area (Å²) in [4.78, 5) is 14.7. The molecule has 2 aromatic heterocycles. The van der Waals surface area contributed by atoms with E-state index < -0.39 is 0 Å². The standard InChI is InChI=1S/C19H26N6/c1-13-14(11-23(2)22-13)12-25-15-5-6-18(25)16-10-20-19(21-17(16)9-15)24-7-3-4-8-24/h10-11,15,18H,3-9,12H2,1-2H3. The van der Waals surface area contributed by atoms with Crippen LogP contribution in [-0.2, 0) is 20.0 Å². The van der Waals surface area contributed by atoms with E-state index >= 15 is 0 Å². The van der Waals surface area contributed by atoms with Gasteiger partial charge in [0.1, 0.15) is 0 Å². The maximum Gasteiger partial charge on any atom is 0.225 e. The van der Waals surface area contributed by atoms with Crippen molar-refractivity contribution in [3.63, 3.8) is 0 Å². The number of anilines is 1. The molecule has 2 saturated heterocycles. The van der Waals surface area contributed by atoms with Crippen LogP contribution in [0.3, 0.4) is 0 Å². The van der Waals surface area contributed by atoms with Crippen molar-refractivity contribution in [3.8, 4) is 0 Å². The fourth-order valence-corrected chi connectivity index (χ4v) is 4.88. The highest BCUT2D eigenvalue weighted by Crippen LogP contribution is 2.44. The number of hydrogen-bond acceptors (Lipinski definition) is 5. The molecule has 5 heterocycles. The molecule has 6 nitrogen and oxygen atoms in total. The molecule has 132 valence electrons. The lowest BCUT2D eigenvalue weighted by Gasteiger charge is -2.35. The summed E-state index contributed by atoms with van der Waals surface area (Å²) in [6.07, 6.45) is 10.4. The van der Waals surface area contributed by atoms with Gasteiger partial charge in [0, 0.05) is 68.7 Å². The fraction of sp³-hybridized carbons (Fsp3) is 0.632. The van der Waals surface area contributed by atoms with Gasteiger partial charge in [-0.3, -0.25) is 9.58 Å². The Morgan fingerprint density at radius 1 is 1.20 bits per heavy atom. The van der Waals surface area contributed by atoms with Crippen molar-refractivity contribution in [2.24, 2.45) is 7.05 Å². The molecular formula is C19H26N6. The third-order valence-corrected chi connectivity index (χ3v) is 6.17. The molecule has 0 aromatic carbocycles. The lowest BCUT2D eigenvalue weighted by atomic mass is 9.98. The molecule has 2 aromatic rings. The van der Waals surface area contributed by atoms with E-state index in [0.29, 0.717) is 12.1 Å². The highest BCUT2D eigenvalue weighted by Gasteiger charge is 2.41. The number of aryl methyl sites for hydroxylation is 2. The minimum absolute atomic E-state index is 0.473. The first kappa shape index (κ1) is 15.3. The second kappa shape index (κ2) is 5.80. The maximum atomic E-state index is 4.97. The van der Waals surface area contributed by atoms with Gasteiger partial charge in [-0.15, -0.1) is 0 Å². The smallest absolute Gasteiger partial charge is 0.225 e. The van der Waals surface area contributed by atoms with Gasteiger partial charge in [0.2, 0.25) is 5.95 Å². The molecule has 0 saturated carbocycles. The predicted octanol–water partition coefficient (Wildman–Crippen LogP) is 2.38. The number of hydrogen-bond donors (Lipinski definition) is 0. The Labute approximate surface area is 148 Å². The molecule has 0 amide bonds. The van der Waals surface area contributed by atoms with E-state index in [-0.39, 0.29) is 0 Å². The summed E-state index contributed by atoms with van der Waals surface area (Å²) in [7, 11) is 2.00. The van der Waals surface area contributed by atoms with Crippen LogP contribution in [0.2, 0.25) is 0 Å². The van der Waals surface area contributed by atoms with Crippen molar-refractivity contribution in [3.05, 3.63) is 34.9 Å². The summed E-state index contributed by atoms with van der Waals surface area (Å²) in [6, 6.07) is 1.08. The van der Waals surface area contributed by atoms with Crippen LogP contribution in [0.1, 0.15) is 54.2 Å². The molecule has 2 fully saturated rings. The van der Waals surface area contributed by atoms with Crippen LogP contribution in [-0.4, -0.2) is 43.8 Å². The number of aromatic nitrogens is 4. The molecule has 0 radical (unpaired) electrons. The van der Waals surface area contributed by atoms with Crippen molar-refractivity contribution in [2.75, 3.05) is 18.0 Å². The third kappa shape index (κ3) is 2.54. The van der Waals surface area contributed by atoms with E-state index in [1.165, 1.54) is 42.5 Å². The monoisotopic (exact) mass is 338 g/mol. The Kier molecular flexibility index (Phi) is 3.55. The van der Waals surface area contributed by atoms with Crippen molar-refractivity contribution in [1.82, 2.24) is 24.6 Å². The minimum Gasteiger partial charge on any atom is -0.341 e. The zero-order valence-corrected chi connectivity index (χ0v) is 15.1. The summed E-state index contributed by atoms with van der Waals surface area (Å²) < 4.78 is 1.93. The normalized spacial score (nSPS) is 25.6. The van der Waals surface area contributed by atoms with Gasteiger partial charge < -0.3 is 4.90 Å². The maximum absolute atomic E-state index is 4.97. The van der Waals surface area contributed by atoms with Crippen molar-refractivity contribution in [1.29, 1.82) is 0 Å². The van der Waals surface area contributed by atoms with Crippen LogP contribution in [0.5, 0.6) is 0 Å². The summed E-state index contributed by atoms with van der Waals surface area (Å²) in [5.41, 5.74) is 5.15. The molecule has 2 atom stereocenters. The Morgan fingerprint density at radius 3 is 2.80 bits per heavy atom. The van der Waals surface area contributed by atoms with Gasteiger partial charge in [-0.25, -0.2) is 9.97 Å². The highest BCUT2D eigenvalue weighted by molar-refractivity contribution is 5.38. The average Bonchev–Trinajstić information content (AvgIpc) is 3.29. The van der Waals surface area contributed by atoms with Crippen molar-refractivity contribution >= 4 is 5.95 Å². The van der Waals surface area contributed by atoms with Crippen molar-refractivity contribution < 1.29 is 0 Å². The van der Waals surface area contributed by atoms with E-state index in [4.69, 9.17) is 9.97 Å². The molecule has 25 heavy (non-hydrogen) atoms. The van der Waals surface area contributed by atoms with Gasteiger partial charge in [-0.2, -0.15) is 5.10 Å². The molecule has 6 heteroatoms. The van der Waals surface area contributed by atoms with Gasteiger partial charge in [0.05, 0.1) is 11.4 Å². The molecular weight excluding hydrogens is 312 g/mol. The molecule has 2 bridgehead atoms. The van der Waals surface area contributed by atoms with Crippen LogP contribution in [0.15, 0.2) is 12.4 Å². The molecule has 0 aliphatic carbocycles. The molecule has 0 N–H and O–H groups in total. The third-order valence-electron chi connectivity index (χ3n) is 6.17. The lowest BCUT2D eigenvalue weighted by Crippen LogP contribution is -2.38. The van der Waals surface area contributed by atoms with Gasteiger partial charge in [0.25, 0.3) is 0 Å². The van der Waals surface area contributed by atoms with Crippen LogP contribution in [0, 0.1) is 6.92 Å². The highest BCUT2D eigenvalue weighted by atomic mass is 15.3. The Hall–Kier alpha value is -1.95. The summed E-state index contributed by atoms with van der Waals surface area (Å²) in [6.45, 7) is 5.32. The first-order valence-corrected chi connectivity index (χ1v) is 9.54. The van der Waals surface area contributed by atoms with Gasteiger partial charge in [-0.1, -0.05) is 0 Å². The van der Waals surface area contributed by atoms with E-state index in [2.05, 4.69) is 34.2 Å². The van der Waals surface area contributed by atoms with E-state index in [1.807, 2.05) is 11.7 Å². The van der Waals surface area contributed by atoms with E-state index in [1.54, 1.807) is 0 Å². The van der Waals surface area contributed by atoms with Crippen molar-refractivity contribution in [2.45, 2.75) is 57.7 Å². The second-order valence-electron chi connectivity index (χ2n) is 7.80. The molecule has 3 aliphatic heterocycles. The summed E-state index contributed by atoms with van der Waals surface area (Å²) >= 11 is 0. The molecule has 0 spiro atoms. The van der Waals surface area contributed by atoms with Gasteiger partial charge >= 0.3 is 0 Å². The Balaban J connectivity index is 1.43. The summed E-state index contributed by atoms with van der Waals surface area (Å²) in [5, 5.41) is 4.51. The second-order valence-corrected chi connectivity index (χ2v) is 7.80. The number of fused-ring (bicyclic) bond motifs is 4. The van der Waals surface area contributed by atoms with Crippen LogP contribution < -0.4 is 4.90 Å². The molecule has 2 unspecified atom stereocenters. The molecule has 3 aliphatic rings. The average molecular weight is 338 g/mol. The Bertz CT molecular complexity index is 791. The predicted molar refractivity (Wildman–Crippen MR) is 96.4 cm³/mol. The van der Waals surface area contributed by atoms with Gasteiger partial charge in [-0.05, 0) is 32.6 Å². The lowest BCUT2D eigenvalue weighted by molar-refractivity contribution is 0.166. The number of rotatable bonds is 3. The molecule has 5 rings (SSSR count). The van der Waals surface area contributed by atoms with Crippen LogP contribution in [0.25, 0.3) is 0 Å².